The van der Waals surface area contributed by atoms with E-state index in [0.29, 0.717) is 19.4 Å². The fourth-order valence-corrected chi connectivity index (χ4v) is 12.6. The molecule has 0 aliphatic carbocycles. The SMILES string of the molecule is CCCCC/C=C/CC/C=C/CC/C=C/C(O)C(COC1OC(CO)C(O)C(O)C1O)NC(=O)CCCCCCCCCCCCCCCCCCC/C=C\C/C=C\CCCCCCCCCCCCCCCCCOC(=O)CCCCCCCCCCCCCCC. The van der Waals surface area contributed by atoms with Crippen molar-refractivity contribution < 1.29 is 49.3 Å². The Morgan fingerprint density at radius 2 is 0.731 bits per heavy atom. The average Bonchev–Trinajstić information content (AvgIpc) is 1.02. The van der Waals surface area contributed by atoms with Crippen LogP contribution in [0, 0.1) is 0 Å². The summed E-state index contributed by atoms with van der Waals surface area (Å²) < 4.78 is 16.7. The maximum atomic E-state index is 13.1. The van der Waals surface area contributed by atoms with E-state index in [0.717, 1.165) is 70.6 Å². The molecule has 1 aliphatic rings. The van der Waals surface area contributed by atoms with Crippen molar-refractivity contribution in [3.63, 3.8) is 0 Å². The summed E-state index contributed by atoms with van der Waals surface area (Å²) in [4.78, 5) is 25.1. The first-order chi connectivity index (χ1) is 45.7. The summed E-state index contributed by atoms with van der Waals surface area (Å²) in [6, 6.07) is -0.833. The summed E-state index contributed by atoms with van der Waals surface area (Å²) in [6.45, 7) is 4.33. The van der Waals surface area contributed by atoms with Gasteiger partial charge in [0, 0.05) is 12.8 Å². The van der Waals surface area contributed by atoms with Gasteiger partial charge >= 0.3 is 5.97 Å². The van der Waals surface area contributed by atoms with Crippen LogP contribution in [0.5, 0.6) is 0 Å². The zero-order valence-corrected chi connectivity index (χ0v) is 60.7. The molecule has 7 unspecified atom stereocenters. The van der Waals surface area contributed by atoms with E-state index in [2.05, 4.69) is 67.8 Å². The van der Waals surface area contributed by atoms with Crippen LogP contribution < -0.4 is 5.32 Å². The molecule has 544 valence electrons. The Labute approximate surface area is 573 Å². The topological polar surface area (TPSA) is 175 Å². The monoisotopic (exact) mass is 1310 g/mol. The summed E-state index contributed by atoms with van der Waals surface area (Å²) in [5.41, 5.74) is 0. The fourth-order valence-electron chi connectivity index (χ4n) is 12.6. The predicted octanol–water partition coefficient (Wildman–Crippen LogP) is 21.6. The molecule has 1 amide bonds. The number of allylic oxidation sites excluding steroid dienone is 9. The molecule has 0 aromatic rings. The summed E-state index contributed by atoms with van der Waals surface area (Å²) in [7, 11) is 0. The van der Waals surface area contributed by atoms with Gasteiger partial charge < -0.3 is 45.1 Å². The first kappa shape index (κ1) is 88.4. The Kier molecular flexibility index (Phi) is 67.2. The van der Waals surface area contributed by atoms with Gasteiger partial charge in [0.25, 0.3) is 0 Å². The van der Waals surface area contributed by atoms with Crippen LogP contribution in [0.4, 0.5) is 0 Å². The first-order valence-electron chi connectivity index (χ1n) is 40.1. The Hall–Kier alpha value is -2.64. The number of ether oxygens (including phenoxy) is 3. The molecule has 93 heavy (non-hydrogen) atoms. The van der Waals surface area contributed by atoms with Gasteiger partial charge in [-0.2, -0.15) is 0 Å². The number of rotatable bonds is 71. The summed E-state index contributed by atoms with van der Waals surface area (Å²) in [5, 5.41) is 54.5. The molecule has 6 N–H and O–H groups in total. The van der Waals surface area contributed by atoms with E-state index in [1.54, 1.807) is 6.08 Å². The average molecular weight is 1310 g/mol. The number of amides is 1. The minimum absolute atomic E-state index is 0.0161. The summed E-state index contributed by atoms with van der Waals surface area (Å²) in [5.74, 6) is -0.177. The molecular formula is C82H151NO10. The zero-order valence-electron chi connectivity index (χ0n) is 60.7. The van der Waals surface area contributed by atoms with E-state index in [-0.39, 0.29) is 18.5 Å². The second kappa shape index (κ2) is 70.7. The summed E-state index contributed by atoms with van der Waals surface area (Å²) in [6.07, 6.45) is 85.5. The molecule has 0 aromatic heterocycles. The standard InChI is InChI=1S/C82H151NO10/c1-3-5-7-9-11-13-15-44-48-52-56-60-64-68-75(85)74(73-92-82-81(90)80(89)79(88)76(72-84)93-82)83-77(86)69-65-61-57-53-49-46-42-40-38-36-34-32-30-28-26-24-22-20-18-17-19-21-23-25-27-29-31-33-35-37-39-41-43-47-51-55-59-63-67-71-91-78(87)70-66-62-58-54-50-45-16-14-12-10-8-6-4-2/h11,13,17-18,21,23,48,52,64,68,74-76,79-82,84-85,88-90H,3-10,12,14-16,19-20,22,24-47,49-51,53-63,65-67,69-73H2,1-2H3,(H,83,86)/b13-11+,18-17-,23-21-,52-48+,68-64+. The van der Waals surface area contributed by atoms with Gasteiger partial charge in [0.2, 0.25) is 5.91 Å². The van der Waals surface area contributed by atoms with Crippen molar-refractivity contribution in [3.05, 3.63) is 60.8 Å². The Bertz CT molecular complexity index is 1730. The molecule has 0 aromatic carbocycles. The largest absolute Gasteiger partial charge is 0.466 e. The molecule has 11 nitrogen and oxygen atoms in total. The summed E-state index contributed by atoms with van der Waals surface area (Å²) >= 11 is 0. The Balaban J connectivity index is 1.91. The number of unbranched alkanes of at least 4 members (excludes halogenated alkanes) is 49. The van der Waals surface area contributed by atoms with Crippen LogP contribution in [0.1, 0.15) is 386 Å². The van der Waals surface area contributed by atoms with E-state index < -0.39 is 49.5 Å². The molecule has 7 atom stereocenters. The Morgan fingerprint density at radius 3 is 1.15 bits per heavy atom. The van der Waals surface area contributed by atoms with Crippen molar-refractivity contribution in [1.82, 2.24) is 5.32 Å². The van der Waals surface area contributed by atoms with Crippen LogP contribution in [0.15, 0.2) is 60.8 Å². The number of aliphatic hydroxyl groups excluding tert-OH is 5. The van der Waals surface area contributed by atoms with Crippen molar-refractivity contribution in [2.75, 3.05) is 19.8 Å². The molecule has 1 fully saturated rings. The van der Waals surface area contributed by atoms with E-state index in [4.69, 9.17) is 14.2 Å². The van der Waals surface area contributed by atoms with Crippen LogP contribution in [0.3, 0.4) is 0 Å². The smallest absolute Gasteiger partial charge is 0.305 e. The lowest BCUT2D eigenvalue weighted by Gasteiger charge is -2.40. The second-order valence-electron chi connectivity index (χ2n) is 27.7. The predicted molar refractivity (Wildman–Crippen MR) is 393 cm³/mol. The van der Waals surface area contributed by atoms with Crippen molar-refractivity contribution >= 4 is 11.9 Å². The molecule has 1 rings (SSSR count). The number of hydrogen-bond donors (Lipinski definition) is 6. The molecular weight excluding hydrogens is 1160 g/mol. The lowest BCUT2D eigenvalue weighted by molar-refractivity contribution is -0.302. The van der Waals surface area contributed by atoms with Crippen LogP contribution in [0.2, 0.25) is 0 Å². The third-order valence-corrected chi connectivity index (χ3v) is 18.8. The van der Waals surface area contributed by atoms with Gasteiger partial charge in [0.1, 0.15) is 24.4 Å². The maximum Gasteiger partial charge on any atom is 0.305 e. The van der Waals surface area contributed by atoms with Crippen LogP contribution >= 0.6 is 0 Å². The van der Waals surface area contributed by atoms with Crippen molar-refractivity contribution in [2.24, 2.45) is 0 Å². The normalized spacial score (nSPS) is 17.8. The van der Waals surface area contributed by atoms with E-state index in [1.165, 1.54) is 289 Å². The van der Waals surface area contributed by atoms with Gasteiger partial charge in [0.15, 0.2) is 6.29 Å². The highest BCUT2D eigenvalue weighted by Crippen LogP contribution is 2.24. The fraction of sp³-hybridized carbons (Fsp3) is 0.854. The van der Waals surface area contributed by atoms with Crippen molar-refractivity contribution in [2.45, 2.75) is 429 Å². The number of hydrogen-bond acceptors (Lipinski definition) is 10. The number of carbonyl (C=O) groups is 2. The third-order valence-electron chi connectivity index (χ3n) is 18.8. The lowest BCUT2D eigenvalue weighted by Crippen LogP contribution is -2.60. The van der Waals surface area contributed by atoms with Crippen molar-refractivity contribution in [3.8, 4) is 0 Å². The minimum atomic E-state index is -1.58. The number of aliphatic hydroxyl groups is 5. The van der Waals surface area contributed by atoms with Gasteiger partial charge in [-0.25, -0.2) is 0 Å². The van der Waals surface area contributed by atoms with Gasteiger partial charge in [-0.05, 0) is 89.9 Å². The molecule has 0 bridgehead atoms. The highest BCUT2D eigenvalue weighted by atomic mass is 16.7. The van der Waals surface area contributed by atoms with E-state index >= 15 is 0 Å². The maximum absolute atomic E-state index is 13.1. The minimum Gasteiger partial charge on any atom is -0.466 e. The lowest BCUT2D eigenvalue weighted by atomic mass is 9.99. The number of carbonyl (C=O) groups excluding carboxylic acids is 2. The molecule has 0 spiro atoms. The quantitative estimate of drug-likeness (QED) is 0.0195. The van der Waals surface area contributed by atoms with Crippen molar-refractivity contribution in [1.29, 1.82) is 0 Å². The van der Waals surface area contributed by atoms with E-state index in [9.17, 15) is 35.1 Å². The third kappa shape index (κ3) is 59.2. The molecule has 1 saturated heterocycles. The van der Waals surface area contributed by atoms with Gasteiger partial charge in [0.05, 0.1) is 32.0 Å². The number of esters is 1. The molecule has 0 saturated carbocycles. The molecule has 0 radical (unpaired) electrons. The van der Waals surface area contributed by atoms with Crippen LogP contribution in [-0.4, -0.2) is 100 Å². The number of nitrogens with one attached hydrogen (secondary N) is 1. The Morgan fingerprint density at radius 1 is 0.398 bits per heavy atom. The second-order valence-corrected chi connectivity index (χ2v) is 27.7. The van der Waals surface area contributed by atoms with E-state index in [1.807, 2.05) is 6.08 Å². The molecule has 1 heterocycles. The zero-order chi connectivity index (χ0) is 67.2. The van der Waals surface area contributed by atoms with Crippen LogP contribution in [-0.2, 0) is 23.8 Å². The molecule has 11 heteroatoms. The van der Waals surface area contributed by atoms with Gasteiger partial charge in [-0.3, -0.25) is 9.59 Å². The first-order valence-corrected chi connectivity index (χ1v) is 40.1. The van der Waals surface area contributed by atoms with Gasteiger partial charge in [-0.15, -0.1) is 0 Å². The van der Waals surface area contributed by atoms with Gasteiger partial charge in [-0.1, -0.05) is 344 Å². The highest BCUT2D eigenvalue weighted by Gasteiger charge is 2.44. The van der Waals surface area contributed by atoms with Crippen LogP contribution in [0.25, 0.3) is 0 Å². The highest BCUT2D eigenvalue weighted by molar-refractivity contribution is 5.76. The molecule has 1 aliphatic heterocycles.